The lowest BCUT2D eigenvalue weighted by Gasteiger charge is -2.08. The molecule has 2 aromatic rings. The van der Waals surface area contributed by atoms with E-state index >= 15 is 0 Å². The Bertz CT molecular complexity index is 649. The number of aryl methyl sites for hydroxylation is 2. The monoisotopic (exact) mass is 306 g/mol. The van der Waals surface area contributed by atoms with Gasteiger partial charge in [-0.3, -0.25) is 5.41 Å². The highest BCUT2D eigenvalue weighted by atomic mass is 19.4. The largest absolute Gasteiger partial charge is 0.416 e. The van der Waals surface area contributed by atoms with Gasteiger partial charge in [0.15, 0.2) is 0 Å². The van der Waals surface area contributed by atoms with Crippen molar-refractivity contribution >= 4 is 5.84 Å². The quantitative estimate of drug-likeness (QED) is 0.603. The summed E-state index contributed by atoms with van der Waals surface area (Å²) in [7, 11) is 0. The number of benzene rings is 2. The normalized spacial score (nSPS) is 13.0. The minimum atomic E-state index is -4.20. The zero-order valence-electron chi connectivity index (χ0n) is 12.0. The molecular formula is C17H17F3N2. The van der Waals surface area contributed by atoms with E-state index in [9.17, 15) is 13.2 Å². The molecule has 3 N–H and O–H groups in total. The number of amidine groups is 1. The van der Waals surface area contributed by atoms with E-state index in [1.54, 1.807) is 6.07 Å². The van der Waals surface area contributed by atoms with Crippen LogP contribution in [0.3, 0.4) is 0 Å². The summed E-state index contributed by atoms with van der Waals surface area (Å²) in [4.78, 5) is 0. The van der Waals surface area contributed by atoms with Crippen LogP contribution in [0.4, 0.5) is 13.2 Å². The number of alkyl halides is 3. The first-order valence-corrected chi connectivity index (χ1v) is 6.96. The molecule has 0 aliphatic heterocycles. The van der Waals surface area contributed by atoms with Crippen molar-refractivity contribution in [2.45, 2.75) is 25.4 Å². The van der Waals surface area contributed by atoms with Gasteiger partial charge in [0, 0.05) is 5.56 Å². The fourth-order valence-corrected chi connectivity index (χ4v) is 2.37. The Hall–Kier alpha value is -2.30. The van der Waals surface area contributed by atoms with Crippen molar-refractivity contribution in [3.63, 3.8) is 0 Å². The van der Waals surface area contributed by atoms with Gasteiger partial charge in [-0.2, -0.15) is 13.2 Å². The third-order valence-electron chi connectivity index (χ3n) is 3.51. The van der Waals surface area contributed by atoms with Crippen LogP contribution < -0.4 is 5.73 Å². The lowest BCUT2D eigenvalue weighted by Crippen LogP contribution is -2.10. The first-order chi connectivity index (χ1) is 10.4. The Kier molecular flexibility index (Phi) is 4.85. The van der Waals surface area contributed by atoms with Crippen molar-refractivity contribution in [1.29, 1.82) is 5.41 Å². The van der Waals surface area contributed by atoms with Crippen molar-refractivity contribution in [1.82, 2.24) is 0 Å². The van der Waals surface area contributed by atoms with Gasteiger partial charge in [-0.05, 0) is 42.5 Å². The van der Waals surface area contributed by atoms with Gasteiger partial charge in [0.25, 0.3) is 0 Å². The van der Waals surface area contributed by atoms with Crippen molar-refractivity contribution < 1.29 is 13.2 Å². The summed E-state index contributed by atoms with van der Waals surface area (Å²) >= 11 is 0. The number of hydrogen-bond donors (Lipinski definition) is 2. The maximum Gasteiger partial charge on any atom is 0.416 e. The summed E-state index contributed by atoms with van der Waals surface area (Å²) in [5, 5.41) is 7.01. The summed E-state index contributed by atoms with van der Waals surface area (Å²) in [6.07, 6.45) is -1.50. The Balaban J connectivity index is 0.000000172. The van der Waals surface area contributed by atoms with Gasteiger partial charge < -0.3 is 5.73 Å². The predicted octanol–water partition coefficient (Wildman–Crippen LogP) is 4.16. The predicted molar refractivity (Wildman–Crippen MR) is 80.9 cm³/mol. The minimum absolute atomic E-state index is 0.121. The second-order valence-corrected chi connectivity index (χ2v) is 5.11. The summed E-state index contributed by atoms with van der Waals surface area (Å²) in [5.74, 6) is 0.121. The van der Waals surface area contributed by atoms with Gasteiger partial charge in [0.1, 0.15) is 5.84 Å². The Morgan fingerprint density at radius 1 is 0.955 bits per heavy atom. The summed E-state index contributed by atoms with van der Waals surface area (Å²) < 4.78 is 36.8. The third-order valence-corrected chi connectivity index (χ3v) is 3.51. The summed E-state index contributed by atoms with van der Waals surface area (Å²) in [6, 6.07) is 13.3. The van der Waals surface area contributed by atoms with Crippen LogP contribution in [0.1, 0.15) is 28.7 Å². The van der Waals surface area contributed by atoms with Crippen LogP contribution in [0, 0.1) is 5.41 Å². The van der Waals surface area contributed by atoms with E-state index in [1.807, 2.05) is 30.3 Å². The molecule has 0 radical (unpaired) electrons. The maximum atomic E-state index is 12.3. The first kappa shape index (κ1) is 16.1. The zero-order chi connectivity index (χ0) is 16.2. The topological polar surface area (TPSA) is 49.9 Å². The standard InChI is InChI=1S/C10H9F3.C7H8N2/c11-10(12,13)9-5-4-7-2-1-3-8(7)6-9;8-7(9)6-4-2-1-3-5-6/h4-6H,1-3H2;1-5H,(H3,8,9). The molecule has 0 fully saturated rings. The smallest absolute Gasteiger partial charge is 0.384 e. The highest BCUT2D eigenvalue weighted by Crippen LogP contribution is 2.32. The van der Waals surface area contributed by atoms with E-state index in [4.69, 9.17) is 11.1 Å². The summed E-state index contributed by atoms with van der Waals surface area (Å²) in [6.45, 7) is 0. The summed E-state index contributed by atoms with van der Waals surface area (Å²) in [5.41, 5.74) is 7.40. The molecule has 0 saturated carbocycles. The van der Waals surface area contributed by atoms with E-state index in [0.29, 0.717) is 0 Å². The number of fused-ring (bicyclic) bond motifs is 1. The SMILES string of the molecule is FC(F)(F)c1ccc2c(c1)CCC2.N=C(N)c1ccccc1. The zero-order valence-corrected chi connectivity index (χ0v) is 12.0. The fraction of sp³-hybridized carbons (Fsp3) is 0.235. The lowest BCUT2D eigenvalue weighted by atomic mass is 10.1. The molecule has 2 nitrogen and oxygen atoms in total. The second kappa shape index (κ2) is 6.64. The fourth-order valence-electron chi connectivity index (χ4n) is 2.37. The Morgan fingerprint density at radius 2 is 1.59 bits per heavy atom. The lowest BCUT2D eigenvalue weighted by molar-refractivity contribution is -0.137. The molecule has 0 bridgehead atoms. The molecule has 22 heavy (non-hydrogen) atoms. The van der Waals surface area contributed by atoms with Gasteiger partial charge in [-0.25, -0.2) is 0 Å². The first-order valence-electron chi connectivity index (χ1n) is 6.96. The van der Waals surface area contributed by atoms with Crippen LogP contribution in [0.5, 0.6) is 0 Å². The molecule has 0 heterocycles. The molecule has 1 aliphatic rings. The number of rotatable bonds is 1. The van der Waals surface area contributed by atoms with Crippen LogP contribution in [-0.2, 0) is 19.0 Å². The minimum Gasteiger partial charge on any atom is -0.384 e. The number of halogens is 3. The van der Waals surface area contributed by atoms with Crippen molar-refractivity contribution in [2.75, 3.05) is 0 Å². The molecule has 0 aromatic heterocycles. The average molecular weight is 306 g/mol. The van der Waals surface area contributed by atoms with Crippen LogP contribution in [0.2, 0.25) is 0 Å². The number of hydrogen-bond acceptors (Lipinski definition) is 1. The highest BCUT2D eigenvalue weighted by molar-refractivity contribution is 5.94. The molecule has 0 saturated heterocycles. The van der Waals surface area contributed by atoms with Crippen LogP contribution >= 0.6 is 0 Å². The van der Waals surface area contributed by atoms with E-state index in [2.05, 4.69) is 0 Å². The van der Waals surface area contributed by atoms with Crippen molar-refractivity contribution in [2.24, 2.45) is 5.73 Å². The number of nitrogens with two attached hydrogens (primary N) is 1. The van der Waals surface area contributed by atoms with E-state index in [1.165, 1.54) is 12.1 Å². The van der Waals surface area contributed by atoms with E-state index in [-0.39, 0.29) is 5.84 Å². The number of nitrogens with one attached hydrogen (secondary N) is 1. The number of nitrogen functional groups attached to an aromatic ring is 1. The second-order valence-electron chi connectivity index (χ2n) is 5.11. The average Bonchev–Trinajstić information content (AvgIpc) is 2.95. The molecule has 0 unspecified atom stereocenters. The van der Waals surface area contributed by atoms with Gasteiger partial charge >= 0.3 is 6.18 Å². The van der Waals surface area contributed by atoms with Gasteiger partial charge in [-0.15, -0.1) is 0 Å². The maximum absolute atomic E-state index is 12.3. The van der Waals surface area contributed by atoms with Crippen LogP contribution in [0.25, 0.3) is 0 Å². The Morgan fingerprint density at radius 3 is 2.14 bits per heavy atom. The molecule has 0 amide bonds. The molecule has 1 aliphatic carbocycles. The molecule has 116 valence electrons. The van der Waals surface area contributed by atoms with Gasteiger partial charge in [0.05, 0.1) is 5.56 Å². The van der Waals surface area contributed by atoms with Gasteiger partial charge in [0.2, 0.25) is 0 Å². The molecule has 5 heteroatoms. The molecule has 3 rings (SSSR count). The highest BCUT2D eigenvalue weighted by Gasteiger charge is 2.31. The molecular weight excluding hydrogens is 289 g/mol. The van der Waals surface area contributed by atoms with E-state index < -0.39 is 11.7 Å². The van der Waals surface area contributed by atoms with Crippen LogP contribution in [-0.4, -0.2) is 5.84 Å². The Labute approximate surface area is 127 Å². The molecule has 2 aromatic carbocycles. The van der Waals surface area contributed by atoms with Crippen LogP contribution in [0.15, 0.2) is 48.5 Å². The molecule has 0 spiro atoms. The van der Waals surface area contributed by atoms with Gasteiger partial charge in [-0.1, -0.05) is 36.4 Å². The van der Waals surface area contributed by atoms with Crippen molar-refractivity contribution in [3.8, 4) is 0 Å². The van der Waals surface area contributed by atoms with Crippen molar-refractivity contribution in [3.05, 3.63) is 70.8 Å². The van der Waals surface area contributed by atoms with E-state index in [0.717, 1.165) is 36.0 Å². The third kappa shape index (κ3) is 4.10. The molecule has 0 atom stereocenters.